The average Bonchev–Trinajstić information content (AvgIpc) is 1.61. The van der Waals surface area contributed by atoms with Gasteiger partial charge >= 0.3 is 5.97 Å². The van der Waals surface area contributed by atoms with Gasteiger partial charge in [-0.05, 0) is 165 Å². The van der Waals surface area contributed by atoms with E-state index in [-0.39, 0.29) is 63.4 Å². The van der Waals surface area contributed by atoms with Gasteiger partial charge in [0.15, 0.2) is 16.9 Å². The van der Waals surface area contributed by atoms with Crippen LogP contribution in [0.25, 0.3) is 83.8 Å². The van der Waals surface area contributed by atoms with Crippen molar-refractivity contribution in [1.29, 1.82) is 0 Å². The van der Waals surface area contributed by atoms with E-state index in [2.05, 4.69) is 120 Å². The summed E-state index contributed by atoms with van der Waals surface area (Å²) in [5, 5.41) is 66.3. The summed E-state index contributed by atoms with van der Waals surface area (Å²) in [6, 6.07) is 38.6. The van der Waals surface area contributed by atoms with E-state index in [4.69, 9.17) is 39.9 Å². The Labute approximate surface area is 738 Å². The van der Waals surface area contributed by atoms with Gasteiger partial charge in [-0.1, -0.05) is 60.7 Å². The van der Waals surface area contributed by atoms with E-state index in [1.54, 1.807) is 46.0 Å². The predicted octanol–water partition coefficient (Wildman–Crippen LogP) is 13.1. The van der Waals surface area contributed by atoms with Crippen molar-refractivity contribution in [1.82, 2.24) is 83.1 Å². The molecule has 6 aliphatic rings. The van der Waals surface area contributed by atoms with E-state index in [9.17, 15) is 34.8 Å². The van der Waals surface area contributed by atoms with Crippen LogP contribution in [0.3, 0.4) is 0 Å². The standard InChI is InChI=1S/C33H37N7O3.C27H26N6O3.C26H31N7O3.C6H13NO.CH3.Pd/c1-33(42)14-6-11-28(33)37-32(41)25-19-35-40-29(38(2)20-22-8-4-3-5-9-22)18-27(36-31(25)40)26-21-39(23-12-16-43-17-13-23)30-24(26)10-7-15-34-30;1-31(16-18-6-3-2-4-7-18)24-14-23(30-26-21(27(34)35)15-29-33(24)26)22-17-32(19-9-12-36-13-10-19)25-20(22)8-5-11-28-25;1-26(35)9-3-6-21(26)31-25(34)18-14-29-33-22(27-2)13-20(30-24(18)33)19-15-32(16-7-11-36-12-8-16)23-17(19)5-4-10-28-23;1-6(8)4-2-3-5(6)7;;/h3-5,7-10,15,18-19,21,23,28,42H,6,11-14,16-17,20H2,1-2H3,(H,37,41);2-8,11,14-15,17,19H,9-10,12-13,16H2,1H3,(H,34,35);4-5,10,13-16,21,27,35H,3,6-9,11-12H2,1-2H3,(H,31,34);5,8H,2-4,7H2,1H3;1H3;/q;;;;-1;/t28?,33-;;21?,26-;5?,6-;;/m0.00../s1. The van der Waals surface area contributed by atoms with Gasteiger partial charge in [-0.15, -0.1) is 0 Å². The summed E-state index contributed by atoms with van der Waals surface area (Å²) in [7, 11) is 5.82. The Hall–Kier alpha value is -11.4. The van der Waals surface area contributed by atoms with Crippen molar-refractivity contribution in [3.63, 3.8) is 0 Å². The predicted molar refractivity (Wildman–Crippen MR) is 476 cm³/mol. The number of rotatable bonds is 18. The number of ether oxygens (including phenoxy) is 3. The van der Waals surface area contributed by atoms with Gasteiger partial charge in [0.05, 0.1) is 64.6 Å². The second-order valence-corrected chi connectivity index (χ2v) is 34.1. The van der Waals surface area contributed by atoms with Crippen molar-refractivity contribution in [2.45, 2.75) is 183 Å². The number of nitrogens with one attached hydrogen (secondary N) is 3. The zero-order chi connectivity index (χ0) is 85.3. The molecule has 0 radical (unpaired) electrons. The molecule has 3 saturated carbocycles. The fourth-order valence-electron chi connectivity index (χ4n) is 18.3. The monoisotopic (exact) mass is 1790 g/mol. The van der Waals surface area contributed by atoms with E-state index >= 15 is 0 Å². The molecule has 2 aromatic carbocycles. The molecule has 12 aromatic heterocycles. The Morgan fingerprint density at radius 1 is 0.472 bits per heavy atom. The number of pyridine rings is 3. The maximum Gasteiger partial charge on any atom is 0.341 e. The minimum absolute atomic E-state index is 0. The SMILES string of the molecule is CN(Cc1ccccc1)c1cc(-c2cn(C3CCOCC3)c3ncccc23)nc2c(C(=O)NC3CCC[C@]3(C)O)cnn12.CN(Cc1ccccc1)c1cc(-c2cn(C3CCOCC3)c3ncccc23)nc2c(C(=O)O)cnn12.CNc1cc(-c2cn(C3CCOCC3)c3ncccc23)nc2c(C(=O)NC3CCC[C@]3(C)O)cnn12.C[C@]1(O)CCCC1N.[CH3-].[Pd]. The summed E-state index contributed by atoms with van der Waals surface area (Å²) in [5.74, 6) is 0.661. The number of fused-ring (bicyclic) bond motifs is 6. The molecule has 3 unspecified atom stereocenters. The first-order valence-corrected chi connectivity index (χ1v) is 42.8. The largest absolute Gasteiger partial charge is 0.477 e. The number of nitrogens with zero attached hydrogens (tertiary/aromatic N) is 17. The Balaban J connectivity index is 0.000000138. The van der Waals surface area contributed by atoms with E-state index in [0.29, 0.717) is 77.8 Å². The van der Waals surface area contributed by atoms with Gasteiger partial charge in [-0.3, -0.25) is 9.59 Å². The molecule has 3 aliphatic carbocycles. The summed E-state index contributed by atoms with van der Waals surface area (Å²) in [6.07, 6.45) is 29.4. The number of amides is 2. The third kappa shape index (κ3) is 18.4. The zero-order valence-corrected chi connectivity index (χ0v) is 73.2. The Kier molecular flexibility index (Phi) is 26.7. The number of nitrogens with two attached hydrogens (primary N) is 1. The van der Waals surface area contributed by atoms with Crippen LogP contribution >= 0.6 is 0 Å². The van der Waals surface area contributed by atoms with Crippen LogP contribution in [0.15, 0.2) is 171 Å². The minimum Gasteiger partial charge on any atom is -0.477 e. The summed E-state index contributed by atoms with van der Waals surface area (Å²) in [6.45, 7) is 11.0. The second kappa shape index (κ2) is 37.8. The van der Waals surface area contributed by atoms with Crippen LogP contribution in [0.4, 0.5) is 17.5 Å². The summed E-state index contributed by atoms with van der Waals surface area (Å²) < 4.78 is 28.5. The number of carbonyl (C=O) groups excluding carboxylic acids is 2. The Morgan fingerprint density at radius 3 is 1.17 bits per heavy atom. The molecule has 2 amide bonds. The molecule has 31 nitrogen and oxygen atoms in total. The molecule has 6 atom stereocenters. The first-order valence-electron chi connectivity index (χ1n) is 42.8. The number of aromatic carboxylic acids is 1. The second-order valence-electron chi connectivity index (χ2n) is 34.1. The number of anilines is 3. The van der Waals surface area contributed by atoms with Crippen LogP contribution in [0.1, 0.15) is 177 Å². The molecule has 32 heteroatoms. The molecule has 6 fully saturated rings. The first-order chi connectivity index (χ1) is 59.6. The topological polar surface area (TPSA) is 372 Å². The van der Waals surface area contributed by atoms with Crippen molar-refractivity contribution >= 4 is 85.3 Å². The molecule has 3 saturated heterocycles. The fourth-order valence-corrected chi connectivity index (χ4v) is 18.3. The molecule has 0 bridgehead atoms. The maximum absolute atomic E-state index is 13.7. The van der Waals surface area contributed by atoms with E-state index in [0.717, 1.165) is 213 Å². The van der Waals surface area contributed by atoms with Crippen LogP contribution in [-0.2, 0) is 47.7 Å². The van der Waals surface area contributed by atoms with E-state index < -0.39 is 22.8 Å². The number of hydrogen-bond donors (Lipinski definition) is 8. The van der Waals surface area contributed by atoms with E-state index in [1.807, 2.05) is 119 Å². The third-order valence-electron chi connectivity index (χ3n) is 25.5. The van der Waals surface area contributed by atoms with Gasteiger partial charge in [-0.2, -0.15) is 28.8 Å². The average molecular weight is 1790 g/mol. The fraction of sp³-hybridized carbons (Fsp3) is 0.409. The molecule has 125 heavy (non-hydrogen) atoms. The molecule has 14 aromatic rings. The van der Waals surface area contributed by atoms with Crippen molar-refractivity contribution in [3.05, 3.63) is 206 Å². The van der Waals surface area contributed by atoms with Crippen molar-refractivity contribution in [3.8, 4) is 33.8 Å². The Bertz CT molecular complexity index is 6140. The molecule has 15 heterocycles. The van der Waals surface area contributed by atoms with Crippen molar-refractivity contribution in [2.75, 3.05) is 75.9 Å². The molecule has 9 N–H and O–H groups in total. The molecular formula is C93H110N21O10Pd-. The quantitative estimate of drug-likeness (QED) is 0.0292. The molecule has 0 spiro atoms. The van der Waals surface area contributed by atoms with Crippen molar-refractivity contribution in [2.24, 2.45) is 5.73 Å². The van der Waals surface area contributed by atoms with Gasteiger partial charge in [0.2, 0.25) is 0 Å². The number of aromatic nitrogens is 15. The smallest absolute Gasteiger partial charge is 0.341 e. The number of carbonyl (C=O) groups is 3. The van der Waals surface area contributed by atoms with Crippen LogP contribution in [-0.4, -0.2) is 206 Å². The summed E-state index contributed by atoms with van der Waals surface area (Å²) in [4.78, 5) is 72.0. The number of carboxylic acid groups (broad SMARTS) is 1. The van der Waals surface area contributed by atoms with Gasteiger partial charge in [0.1, 0.15) is 51.1 Å². The van der Waals surface area contributed by atoms with Crippen LogP contribution in [0, 0.1) is 7.43 Å². The number of hydrogen-bond acceptors (Lipinski definition) is 22. The summed E-state index contributed by atoms with van der Waals surface area (Å²) in [5.41, 5.74) is 15.2. The van der Waals surface area contributed by atoms with Gasteiger partial charge in [0, 0.05) is 207 Å². The number of carboxylic acids is 1. The molecule has 658 valence electrons. The molecular weight excluding hydrogens is 1680 g/mol. The van der Waals surface area contributed by atoms with Gasteiger partial charge in [0.25, 0.3) is 11.8 Å². The normalized spacial score (nSPS) is 21.1. The van der Waals surface area contributed by atoms with Crippen LogP contribution < -0.4 is 31.5 Å². The van der Waals surface area contributed by atoms with Crippen LogP contribution in [0.5, 0.6) is 0 Å². The zero-order valence-electron chi connectivity index (χ0n) is 71.6. The maximum atomic E-state index is 13.7. The van der Waals surface area contributed by atoms with Gasteiger partial charge < -0.3 is 87.2 Å². The Morgan fingerprint density at radius 2 is 0.824 bits per heavy atom. The minimum atomic E-state index is -1.06. The third-order valence-corrected chi connectivity index (χ3v) is 25.5. The molecule has 20 rings (SSSR count). The van der Waals surface area contributed by atoms with Crippen molar-refractivity contribution < 1.29 is 69.4 Å². The molecule has 3 aliphatic heterocycles. The number of benzene rings is 2. The van der Waals surface area contributed by atoms with Gasteiger partial charge in [-0.25, -0.2) is 34.7 Å². The van der Waals surface area contributed by atoms with Crippen LogP contribution in [0.2, 0.25) is 0 Å². The van der Waals surface area contributed by atoms with E-state index in [1.165, 1.54) is 6.20 Å². The first kappa shape index (κ1) is 88.4. The summed E-state index contributed by atoms with van der Waals surface area (Å²) >= 11 is 0. The number of aliphatic hydroxyl groups is 3.